The predicted molar refractivity (Wildman–Crippen MR) is 74.0 cm³/mol. The van der Waals surface area contributed by atoms with E-state index < -0.39 is 0 Å². The van der Waals surface area contributed by atoms with E-state index >= 15 is 0 Å². The van der Waals surface area contributed by atoms with Crippen molar-refractivity contribution in [1.82, 2.24) is 16.2 Å². The highest BCUT2D eigenvalue weighted by Gasteiger charge is 2.16. The van der Waals surface area contributed by atoms with Gasteiger partial charge in [-0.15, -0.1) is 0 Å². The van der Waals surface area contributed by atoms with Gasteiger partial charge in [0, 0.05) is 13.0 Å². The third-order valence-electron chi connectivity index (χ3n) is 2.69. The number of rotatable bonds is 5. The van der Waals surface area contributed by atoms with Crippen molar-refractivity contribution in [2.75, 3.05) is 6.54 Å². The molecule has 5 nitrogen and oxygen atoms in total. The van der Waals surface area contributed by atoms with E-state index in [1.165, 1.54) is 6.92 Å². The van der Waals surface area contributed by atoms with Gasteiger partial charge in [0.1, 0.15) is 0 Å². The number of carbonyl (C=O) groups excluding carboxylic acids is 2. The highest BCUT2D eigenvalue weighted by Crippen LogP contribution is 2.20. The lowest BCUT2D eigenvalue weighted by molar-refractivity contribution is -0.127. The van der Waals surface area contributed by atoms with E-state index in [2.05, 4.69) is 30.0 Å². The number of amides is 2. The molecule has 0 aromatic heterocycles. The Morgan fingerprint density at radius 2 is 1.74 bits per heavy atom. The van der Waals surface area contributed by atoms with Gasteiger partial charge in [-0.1, -0.05) is 44.2 Å². The monoisotopic (exact) mass is 263 g/mol. The summed E-state index contributed by atoms with van der Waals surface area (Å²) in [5, 5.41) is 3.20. The molecule has 1 aromatic rings. The van der Waals surface area contributed by atoms with Gasteiger partial charge < -0.3 is 5.32 Å². The summed E-state index contributed by atoms with van der Waals surface area (Å²) >= 11 is 0. The van der Waals surface area contributed by atoms with E-state index in [-0.39, 0.29) is 24.4 Å². The maximum atomic E-state index is 11.5. The highest BCUT2D eigenvalue weighted by atomic mass is 16.2. The first kappa shape index (κ1) is 15.2. The van der Waals surface area contributed by atoms with Crippen LogP contribution in [0.5, 0.6) is 0 Å². The standard InChI is InChI=1S/C14H21N3O2/c1-10(2)14(12-7-5-4-6-8-12)15-9-13(19)17-16-11(3)18/h4-8,10,14-15H,9H2,1-3H3,(H,16,18)(H,17,19)/t14-/m1/s1. The summed E-state index contributed by atoms with van der Waals surface area (Å²) in [4.78, 5) is 22.2. The third kappa shape index (κ3) is 5.52. The molecule has 104 valence electrons. The molecule has 0 aliphatic rings. The van der Waals surface area contributed by atoms with Crippen molar-refractivity contribution in [2.24, 2.45) is 5.92 Å². The van der Waals surface area contributed by atoms with Crippen LogP contribution in [0.4, 0.5) is 0 Å². The van der Waals surface area contributed by atoms with Crippen molar-refractivity contribution in [2.45, 2.75) is 26.8 Å². The van der Waals surface area contributed by atoms with Crippen LogP contribution in [0.15, 0.2) is 30.3 Å². The lowest BCUT2D eigenvalue weighted by atomic mass is 9.96. The smallest absolute Gasteiger partial charge is 0.252 e. The molecule has 1 aromatic carbocycles. The Hall–Kier alpha value is -1.88. The third-order valence-corrected chi connectivity index (χ3v) is 2.69. The number of hydrogen-bond acceptors (Lipinski definition) is 3. The number of hydrogen-bond donors (Lipinski definition) is 3. The number of carbonyl (C=O) groups is 2. The zero-order valence-corrected chi connectivity index (χ0v) is 11.6. The summed E-state index contributed by atoms with van der Waals surface area (Å²) in [5.74, 6) is -0.204. The molecular formula is C14H21N3O2. The second kappa shape index (κ2) is 7.53. The Bertz CT molecular complexity index is 418. The quantitative estimate of drug-likeness (QED) is 0.698. The molecule has 0 unspecified atom stereocenters. The molecule has 0 saturated carbocycles. The molecule has 0 aliphatic heterocycles. The fourth-order valence-electron chi connectivity index (χ4n) is 1.80. The van der Waals surface area contributed by atoms with Gasteiger partial charge in [-0.25, -0.2) is 0 Å². The molecule has 1 atom stereocenters. The van der Waals surface area contributed by atoms with Gasteiger partial charge in [0.05, 0.1) is 6.54 Å². The Labute approximate surface area is 113 Å². The summed E-state index contributed by atoms with van der Waals surface area (Å²) in [6.45, 7) is 5.68. The Morgan fingerprint density at radius 1 is 1.11 bits per heavy atom. The SMILES string of the molecule is CC(=O)NNC(=O)CN[C@@H](c1ccccc1)C(C)C. The Balaban J connectivity index is 2.52. The van der Waals surface area contributed by atoms with Crippen molar-refractivity contribution >= 4 is 11.8 Å². The second-order valence-corrected chi connectivity index (χ2v) is 4.74. The van der Waals surface area contributed by atoms with Gasteiger partial charge >= 0.3 is 0 Å². The minimum absolute atomic E-state index is 0.101. The molecule has 0 radical (unpaired) electrons. The minimum atomic E-state index is -0.295. The first-order valence-electron chi connectivity index (χ1n) is 6.34. The normalized spacial score (nSPS) is 12.0. The predicted octanol–water partition coefficient (Wildman–Crippen LogP) is 1.14. The molecule has 0 fully saturated rings. The molecule has 5 heteroatoms. The average Bonchev–Trinajstić information content (AvgIpc) is 2.37. The number of hydrazine groups is 1. The summed E-state index contributed by atoms with van der Waals surface area (Å²) in [6, 6.07) is 10.1. The first-order chi connectivity index (χ1) is 9.00. The molecule has 0 saturated heterocycles. The maximum Gasteiger partial charge on any atom is 0.252 e. The summed E-state index contributed by atoms with van der Waals surface area (Å²) < 4.78 is 0. The van der Waals surface area contributed by atoms with Crippen LogP contribution < -0.4 is 16.2 Å². The van der Waals surface area contributed by atoms with Crippen LogP contribution in [0.1, 0.15) is 32.4 Å². The Morgan fingerprint density at radius 3 is 2.26 bits per heavy atom. The zero-order chi connectivity index (χ0) is 14.3. The minimum Gasteiger partial charge on any atom is -0.301 e. The van der Waals surface area contributed by atoms with Crippen molar-refractivity contribution < 1.29 is 9.59 Å². The lowest BCUT2D eigenvalue weighted by Crippen LogP contribution is -2.45. The molecule has 19 heavy (non-hydrogen) atoms. The van der Waals surface area contributed by atoms with E-state index in [1.807, 2.05) is 30.3 Å². The molecule has 0 aliphatic carbocycles. The van der Waals surface area contributed by atoms with Crippen LogP contribution in [0.3, 0.4) is 0 Å². The lowest BCUT2D eigenvalue weighted by Gasteiger charge is -2.22. The van der Waals surface area contributed by atoms with Crippen LogP contribution in [0, 0.1) is 5.92 Å². The van der Waals surface area contributed by atoms with Crippen LogP contribution >= 0.6 is 0 Å². The Kier molecular flexibility index (Phi) is 6.02. The summed E-state index contributed by atoms with van der Waals surface area (Å²) in [7, 11) is 0. The molecule has 0 spiro atoms. The van der Waals surface area contributed by atoms with E-state index in [0.29, 0.717) is 5.92 Å². The van der Waals surface area contributed by atoms with Gasteiger partial charge in [-0.05, 0) is 11.5 Å². The number of benzene rings is 1. The van der Waals surface area contributed by atoms with Crippen molar-refractivity contribution in [1.29, 1.82) is 0 Å². The first-order valence-corrected chi connectivity index (χ1v) is 6.34. The highest BCUT2D eigenvalue weighted by molar-refractivity contribution is 5.81. The van der Waals surface area contributed by atoms with Crippen molar-refractivity contribution in [3.05, 3.63) is 35.9 Å². The molecule has 0 bridgehead atoms. The zero-order valence-electron chi connectivity index (χ0n) is 11.6. The van der Waals surface area contributed by atoms with E-state index in [1.54, 1.807) is 0 Å². The molecule has 2 amide bonds. The van der Waals surface area contributed by atoms with E-state index in [9.17, 15) is 9.59 Å². The largest absolute Gasteiger partial charge is 0.301 e. The van der Waals surface area contributed by atoms with Gasteiger partial charge in [0.25, 0.3) is 5.91 Å². The fourth-order valence-corrected chi connectivity index (χ4v) is 1.80. The average molecular weight is 263 g/mol. The number of nitrogens with one attached hydrogen (secondary N) is 3. The van der Waals surface area contributed by atoms with Gasteiger partial charge in [-0.2, -0.15) is 0 Å². The topological polar surface area (TPSA) is 70.2 Å². The van der Waals surface area contributed by atoms with E-state index in [4.69, 9.17) is 0 Å². The fraction of sp³-hybridized carbons (Fsp3) is 0.429. The summed E-state index contributed by atoms with van der Waals surface area (Å²) in [6.07, 6.45) is 0. The van der Waals surface area contributed by atoms with Crippen molar-refractivity contribution in [3.8, 4) is 0 Å². The van der Waals surface area contributed by atoms with Crippen LogP contribution in [0.2, 0.25) is 0 Å². The van der Waals surface area contributed by atoms with Gasteiger partial charge in [-0.3, -0.25) is 20.4 Å². The van der Waals surface area contributed by atoms with Gasteiger partial charge in [0.15, 0.2) is 0 Å². The second-order valence-electron chi connectivity index (χ2n) is 4.74. The maximum absolute atomic E-state index is 11.5. The molecule has 1 rings (SSSR count). The van der Waals surface area contributed by atoms with Gasteiger partial charge in [0.2, 0.25) is 5.91 Å². The molecular weight excluding hydrogens is 242 g/mol. The molecule has 3 N–H and O–H groups in total. The summed E-state index contributed by atoms with van der Waals surface area (Å²) in [5.41, 5.74) is 5.73. The van der Waals surface area contributed by atoms with Crippen LogP contribution in [0.25, 0.3) is 0 Å². The van der Waals surface area contributed by atoms with E-state index in [0.717, 1.165) is 5.56 Å². The van der Waals surface area contributed by atoms with Crippen LogP contribution in [-0.4, -0.2) is 18.4 Å². The molecule has 0 heterocycles. The van der Waals surface area contributed by atoms with Crippen LogP contribution in [-0.2, 0) is 9.59 Å². The van der Waals surface area contributed by atoms with Crippen molar-refractivity contribution in [3.63, 3.8) is 0 Å².